The average molecular weight is 488 g/mol. The van der Waals surface area contributed by atoms with E-state index in [1.807, 2.05) is 25.4 Å². The summed E-state index contributed by atoms with van der Waals surface area (Å²) in [5, 5.41) is 3.57. The number of guanidine groups is 1. The van der Waals surface area contributed by atoms with Gasteiger partial charge in [0.15, 0.2) is 5.96 Å². The predicted molar refractivity (Wildman–Crippen MR) is 121 cm³/mol. The molecule has 0 aromatic carbocycles. The van der Waals surface area contributed by atoms with Gasteiger partial charge in [-0.15, -0.1) is 24.0 Å². The summed E-state index contributed by atoms with van der Waals surface area (Å²) in [5.74, 6) is 2.66. The predicted octanol–water partition coefficient (Wildman–Crippen LogP) is 1.37. The zero-order valence-electron chi connectivity index (χ0n) is 16.5. The Bertz CT molecular complexity index is 559. The van der Waals surface area contributed by atoms with E-state index in [0.717, 1.165) is 77.3 Å². The minimum Gasteiger partial charge on any atom is -0.379 e. The minimum absolute atomic E-state index is 0. The van der Waals surface area contributed by atoms with Gasteiger partial charge < -0.3 is 19.9 Å². The molecular weight excluding hydrogens is 455 g/mol. The van der Waals surface area contributed by atoms with Gasteiger partial charge in [0.05, 0.1) is 13.2 Å². The Morgan fingerprint density at radius 3 is 2.56 bits per heavy atom. The molecule has 0 aliphatic carbocycles. The van der Waals surface area contributed by atoms with E-state index in [0.29, 0.717) is 5.92 Å². The van der Waals surface area contributed by atoms with Crippen LogP contribution in [0.15, 0.2) is 29.4 Å². The van der Waals surface area contributed by atoms with Crippen LogP contribution in [0.5, 0.6) is 0 Å². The van der Waals surface area contributed by atoms with Gasteiger partial charge in [-0.1, -0.05) is 13.0 Å². The summed E-state index contributed by atoms with van der Waals surface area (Å²) in [6.45, 7) is 12.1. The van der Waals surface area contributed by atoms with E-state index in [2.05, 4.69) is 43.0 Å². The van der Waals surface area contributed by atoms with Gasteiger partial charge in [-0.2, -0.15) is 0 Å². The first-order valence-corrected chi connectivity index (χ1v) is 9.68. The maximum atomic E-state index is 5.43. The van der Waals surface area contributed by atoms with Crippen molar-refractivity contribution in [2.45, 2.75) is 6.92 Å². The number of anilines is 1. The highest BCUT2D eigenvalue weighted by molar-refractivity contribution is 14.0. The van der Waals surface area contributed by atoms with Gasteiger partial charge in [0.25, 0.3) is 0 Å². The van der Waals surface area contributed by atoms with Gasteiger partial charge in [0, 0.05) is 65.6 Å². The maximum Gasteiger partial charge on any atom is 0.193 e. The highest BCUT2D eigenvalue weighted by Crippen LogP contribution is 2.12. The van der Waals surface area contributed by atoms with E-state index in [4.69, 9.17) is 4.74 Å². The van der Waals surface area contributed by atoms with Crippen LogP contribution in [0, 0.1) is 5.92 Å². The summed E-state index contributed by atoms with van der Waals surface area (Å²) >= 11 is 0. The van der Waals surface area contributed by atoms with Crippen molar-refractivity contribution in [3.63, 3.8) is 0 Å². The molecule has 8 heteroatoms. The molecule has 0 bridgehead atoms. The van der Waals surface area contributed by atoms with Crippen LogP contribution >= 0.6 is 24.0 Å². The Kier molecular flexibility index (Phi) is 9.57. The van der Waals surface area contributed by atoms with Gasteiger partial charge in [0.1, 0.15) is 5.82 Å². The average Bonchev–Trinajstić information content (AvgIpc) is 2.70. The maximum absolute atomic E-state index is 5.43. The monoisotopic (exact) mass is 488 g/mol. The molecule has 2 aliphatic heterocycles. The second kappa shape index (κ2) is 11.7. The van der Waals surface area contributed by atoms with Crippen molar-refractivity contribution in [2.24, 2.45) is 10.9 Å². The minimum atomic E-state index is 0. The van der Waals surface area contributed by atoms with Crippen molar-refractivity contribution in [1.29, 1.82) is 0 Å². The fourth-order valence-electron chi connectivity index (χ4n) is 3.58. The molecule has 0 amide bonds. The molecule has 0 radical (unpaired) electrons. The van der Waals surface area contributed by atoms with E-state index in [1.165, 1.54) is 0 Å². The first-order valence-electron chi connectivity index (χ1n) is 9.68. The van der Waals surface area contributed by atoms with Crippen LogP contribution in [-0.4, -0.2) is 93.4 Å². The zero-order valence-corrected chi connectivity index (χ0v) is 18.8. The molecule has 1 atom stereocenters. The molecule has 7 nitrogen and oxygen atoms in total. The fourth-order valence-corrected chi connectivity index (χ4v) is 3.58. The Morgan fingerprint density at radius 1 is 1.19 bits per heavy atom. The number of rotatable bonds is 5. The normalized spacial score (nSPS) is 20.1. The number of pyridine rings is 1. The van der Waals surface area contributed by atoms with E-state index in [1.54, 1.807) is 0 Å². The highest BCUT2D eigenvalue weighted by atomic mass is 127. The van der Waals surface area contributed by atoms with E-state index in [9.17, 15) is 0 Å². The molecule has 2 saturated heterocycles. The van der Waals surface area contributed by atoms with Crippen LogP contribution in [0.4, 0.5) is 5.82 Å². The molecule has 2 aliphatic rings. The van der Waals surface area contributed by atoms with Crippen molar-refractivity contribution in [1.82, 2.24) is 20.1 Å². The number of halogens is 1. The van der Waals surface area contributed by atoms with Crippen LogP contribution in [0.1, 0.15) is 6.92 Å². The molecule has 3 rings (SSSR count). The van der Waals surface area contributed by atoms with Gasteiger partial charge in [0.2, 0.25) is 0 Å². The molecule has 3 heterocycles. The van der Waals surface area contributed by atoms with E-state index < -0.39 is 0 Å². The molecule has 27 heavy (non-hydrogen) atoms. The molecule has 1 N–H and O–H groups in total. The van der Waals surface area contributed by atoms with Crippen molar-refractivity contribution < 1.29 is 4.74 Å². The SMILES string of the molecule is CN=C(NCC(C)CN1CCOCC1)N1CCN(c2ccccn2)CC1.I. The molecule has 1 unspecified atom stereocenters. The second-order valence-corrected chi connectivity index (χ2v) is 7.11. The second-order valence-electron chi connectivity index (χ2n) is 7.11. The summed E-state index contributed by atoms with van der Waals surface area (Å²) in [6.07, 6.45) is 1.86. The summed E-state index contributed by atoms with van der Waals surface area (Å²) in [6, 6.07) is 6.09. The van der Waals surface area contributed by atoms with Crippen molar-refractivity contribution in [3.8, 4) is 0 Å². The third-order valence-corrected chi connectivity index (χ3v) is 5.05. The number of nitrogens with one attached hydrogen (secondary N) is 1. The fraction of sp³-hybridized carbons (Fsp3) is 0.684. The van der Waals surface area contributed by atoms with Crippen LogP contribution in [0.25, 0.3) is 0 Å². The molecule has 152 valence electrons. The lowest BCUT2D eigenvalue weighted by molar-refractivity contribution is 0.0320. The van der Waals surface area contributed by atoms with E-state index >= 15 is 0 Å². The van der Waals surface area contributed by atoms with Crippen LogP contribution < -0.4 is 10.2 Å². The van der Waals surface area contributed by atoms with Gasteiger partial charge in [-0.05, 0) is 18.1 Å². The van der Waals surface area contributed by atoms with Crippen LogP contribution in [0.3, 0.4) is 0 Å². The Morgan fingerprint density at radius 2 is 1.93 bits per heavy atom. The van der Waals surface area contributed by atoms with Crippen molar-refractivity contribution >= 4 is 35.8 Å². The van der Waals surface area contributed by atoms with Gasteiger partial charge >= 0.3 is 0 Å². The van der Waals surface area contributed by atoms with Crippen molar-refractivity contribution in [3.05, 3.63) is 24.4 Å². The molecule has 1 aromatic rings. The van der Waals surface area contributed by atoms with Crippen LogP contribution in [-0.2, 0) is 4.74 Å². The zero-order chi connectivity index (χ0) is 18.2. The molecule has 1 aromatic heterocycles. The summed E-state index contributed by atoms with van der Waals surface area (Å²) in [5.41, 5.74) is 0. The standard InChI is InChI=1S/C19H32N6O.HI/c1-17(16-23-11-13-26-14-12-23)15-22-19(20-2)25-9-7-24(8-10-25)18-5-3-4-6-21-18;/h3-6,17H,7-16H2,1-2H3,(H,20,22);1H. The van der Waals surface area contributed by atoms with Gasteiger partial charge in [-0.25, -0.2) is 4.98 Å². The van der Waals surface area contributed by atoms with Crippen molar-refractivity contribution in [2.75, 3.05) is 77.5 Å². The smallest absolute Gasteiger partial charge is 0.193 e. The quantitative estimate of drug-likeness (QED) is 0.384. The lowest BCUT2D eigenvalue weighted by Gasteiger charge is -2.37. The number of hydrogen-bond acceptors (Lipinski definition) is 5. The van der Waals surface area contributed by atoms with Gasteiger partial charge in [-0.3, -0.25) is 9.89 Å². The Labute approximate surface area is 180 Å². The number of hydrogen-bond donors (Lipinski definition) is 1. The topological polar surface area (TPSA) is 56.2 Å². The van der Waals surface area contributed by atoms with Crippen LogP contribution in [0.2, 0.25) is 0 Å². The Hall–Kier alpha value is -1.13. The summed E-state index contributed by atoms with van der Waals surface area (Å²) < 4.78 is 5.43. The lowest BCUT2D eigenvalue weighted by Crippen LogP contribution is -2.53. The number of aliphatic imine (C=N–C) groups is 1. The summed E-state index contributed by atoms with van der Waals surface area (Å²) in [4.78, 5) is 16.1. The lowest BCUT2D eigenvalue weighted by atomic mass is 10.1. The third-order valence-electron chi connectivity index (χ3n) is 5.05. The number of ether oxygens (including phenoxy) is 1. The summed E-state index contributed by atoms with van der Waals surface area (Å²) in [7, 11) is 1.88. The first-order chi connectivity index (χ1) is 12.8. The molecular formula is C19H33IN6O. The highest BCUT2D eigenvalue weighted by Gasteiger charge is 2.21. The third kappa shape index (κ3) is 6.76. The number of aromatic nitrogens is 1. The Balaban J connectivity index is 0.00000261. The number of piperazine rings is 1. The molecule has 0 saturated carbocycles. The number of morpholine rings is 1. The first kappa shape index (κ1) is 22.2. The van der Waals surface area contributed by atoms with E-state index in [-0.39, 0.29) is 24.0 Å². The molecule has 2 fully saturated rings. The number of nitrogens with zero attached hydrogens (tertiary/aromatic N) is 5. The molecule has 0 spiro atoms. The largest absolute Gasteiger partial charge is 0.379 e.